The van der Waals surface area contributed by atoms with Gasteiger partial charge in [0.15, 0.2) is 0 Å². The highest BCUT2D eigenvalue weighted by atomic mass is 16.4. The highest BCUT2D eigenvalue weighted by molar-refractivity contribution is 5.78. The quantitative estimate of drug-likeness (QED) is 0.508. The van der Waals surface area contributed by atoms with Crippen molar-refractivity contribution in [1.82, 2.24) is 16.0 Å². The maximum Gasteiger partial charge on any atom is 0.314 e. The second-order valence-corrected chi connectivity index (χ2v) is 5.77. The molecule has 1 atom stereocenters. The van der Waals surface area contributed by atoms with E-state index in [0.717, 1.165) is 0 Å². The molecule has 0 aliphatic rings. The van der Waals surface area contributed by atoms with Crippen LogP contribution in [0.4, 0.5) is 4.79 Å². The molecule has 0 spiro atoms. The molecule has 7 nitrogen and oxygen atoms in total. The SMILES string of the molecule is CC(C)CC(CNC(=O)NCCC(=O)NC(C)C)C(=O)O. The Hall–Kier alpha value is -1.79. The Morgan fingerprint density at radius 2 is 1.67 bits per heavy atom. The number of aliphatic carboxylic acids is 1. The van der Waals surface area contributed by atoms with Crippen LogP contribution in [0.15, 0.2) is 0 Å². The highest BCUT2D eigenvalue weighted by Crippen LogP contribution is 2.10. The number of urea groups is 1. The van der Waals surface area contributed by atoms with Gasteiger partial charge in [0.1, 0.15) is 0 Å². The van der Waals surface area contributed by atoms with Crippen LogP contribution in [0.5, 0.6) is 0 Å². The summed E-state index contributed by atoms with van der Waals surface area (Å²) in [6.07, 6.45) is 0.701. The first kappa shape index (κ1) is 19.2. The van der Waals surface area contributed by atoms with E-state index in [4.69, 9.17) is 5.11 Å². The van der Waals surface area contributed by atoms with Crippen molar-refractivity contribution in [3.63, 3.8) is 0 Å². The summed E-state index contributed by atoms with van der Waals surface area (Å²) >= 11 is 0. The van der Waals surface area contributed by atoms with Crippen molar-refractivity contribution in [3.8, 4) is 0 Å². The monoisotopic (exact) mass is 301 g/mol. The van der Waals surface area contributed by atoms with Crippen molar-refractivity contribution in [1.29, 1.82) is 0 Å². The van der Waals surface area contributed by atoms with Crippen molar-refractivity contribution >= 4 is 17.9 Å². The van der Waals surface area contributed by atoms with Gasteiger partial charge in [-0.3, -0.25) is 9.59 Å². The van der Waals surface area contributed by atoms with E-state index in [1.165, 1.54) is 0 Å². The average Bonchev–Trinajstić information content (AvgIpc) is 2.32. The lowest BCUT2D eigenvalue weighted by Gasteiger charge is -2.15. The number of hydrogen-bond acceptors (Lipinski definition) is 3. The molecule has 0 saturated heterocycles. The second-order valence-electron chi connectivity index (χ2n) is 5.77. The summed E-state index contributed by atoms with van der Waals surface area (Å²) in [5.74, 6) is -1.40. The van der Waals surface area contributed by atoms with Crippen LogP contribution in [0, 0.1) is 11.8 Å². The van der Waals surface area contributed by atoms with E-state index in [2.05, 4.69) is 16.0 Å². The Kier molecular flexibility index (Phi) is 9.16. The number of rotatable bonds is 9. The summed E-state index contributed by atoms with van der Waals surface area (Å²) in [6, 6.07) is -0.388. The number of nitrogens with one attached hydrogen (secondary N) is 3. The Morgan fingerprint density at radius 3 is 2.14 bits per heavy atom. The Balaban J connectivity index is 3.93. The van der Waals surface area contributed by atoms with E-state index in [1.54, 1.807) is 0 Å². The van der Waals surface area contributed by atoms with Crippen molar-refractivity contribution in [3.05, 3.63) is 0 Å². The second kappa shape index (κ2) is 10.0. The topological polar surface area (TPSA) is 108 Å². The van der Waals surface area contributed by atoms with Gasteiger partial charge in [-0.2, -0.15) is 0 Å². The Morgan fingerprint density at radius 1 is 1.05 bits per heavy atom. The Labute approximate surface area is 125 Å². The molecule has 0 aliphatic heterocycles. The van der Waals surface area contributed by atoms with Gasteiger partial charge < -0.3 is 21.1 Å². The molecule has 0 heterocycles. The van der Waals surface area contributed by atoms with E-state index >= 15 is 0 Å². The molecule has 0 saturated carbocycles. The molecule has 3 amide bonds. The molecule has 0 aromatic carbocycles. The van der Waals surface area contributed by atoms with E-state index in [-0.39, 0.29) is 37.4 Å². The van der Waals surface area contributed by atoms with Crippen molar-refractivity contribution in [2.45, 2.75) is 46.6 Å². The van der Waals surface area contributed by atoms with Gasteiger partial charge in [-0.25, -0.2) is 4.79 Å². The predicted octanol–water partition coefficient (Wildman–Crippen LogP) is 0.947. The molecule has 0 aliphatic carbocycles. The first-order chi connectivity index (χ1) is 9.72. The molecule has 0 aromatic rings. The van der Waals surface area contributed by atoms with Gasteiger partial charge in [0, 0.05) is 25.6 Å². The van der Waals surface area contributed by atoms with Crippen LogP contribution in [0.2, 0.25) is 0 Å². The van der Waals surface area contributed by atoms with E-state index in [1.807, 2.05) is 27.7 Å². The zero-order valence-electron chi connectivity index (χ0n) is 13.2. The number of carboxylic acid groups (broad SMARTS) is 1. The lowest BCUT2D eigenvalue weighted by atomic mass is 9.97. The molecule has 0 fully saturated rings. The summed E-state index contributed by atoms with van der Waals surface area (Å²) in [4.78, 5) is 33.9. The summed E-state index contributed by atoms with van der Waals surface area (Å²) in [7, 11) is 0. The average molecular weight is 301 g/mol. The van der Waals surface area contributed by atoms with E-state index in [9.17, 15) is 14.4 Å². The molecule has 7 heteroatoms. The van der Waals surface area contributed by atoms with Crippen LogP contribution >= 0.6 is 0 Å². The lowest BCUT2D eigenvalue weighted by molar-refractivity contribution is -0.142. The van der Waals surface area contributed by atoms with Gasteiger partial charge in [0.25, 0.3) is 0 Å². The molecule has 0 bridgehead atoms. The number of carboxylic acids is 1. The molecular weight excluding hydrogens is 274 g/mol. The third-order valence-electron chi connectivity index (χ3n) is 2.70. The maximum atomic E-state index is 11.5. The zero-order valence-corrected chi connectivity index (χ0v) is 13.2. The zero-order chi connectivity index (χ0) is 16.4. The first-order valence-corrected chi connectivity index (χ1v) is 7.26. The predicted molar refractivity (Wildman–Crippen MR) is 79.9 cm³/mol. The minimum Gasteiger partial charge on any atom is -0.481 e. The summed E-state index contributed by atoms with van der Waals surface area (Å²) in [5.41, 5.74) is 0. The summed E-state index contributed by atoms with van der Waals surface area (Å²) in [6.45, 7) is 7.88. The van der Waals surface area contributed by atoms with Crippen LogP contribution in [0.1, 0.15) is 40.5 Å². The molecular formula is C14H27N3O4. The van der Waals surface area contributed by atoms with Crippen molar-refractivity contribution < 1.29 is 19.5 Å². The third kappa shape index (κ3) is 10.6. The van der Waals surface area contributed by atoms with Gasteiger partial charge in [-0.1, -0.05) is 13.8 Å². The Bertz CT molecular complexity index is 356. The van der Waals surface area contributed by atoms with Crippen LogP contribution in [-0.4, -0.2) is 42.1 Å². The molecule has 122 valence electrons. The fourth-order valence-electron chi connectivity index (χ4n) is 1.80. The molecule has 0 radical (unpaired) electrons. The fraction of sp³-hybridized carbons (Fsp3) is 0.786. The molecule has 1 unspecified atom stereocenters. The van der Waals surface area contributed by atoms with Crippen LogP contribution in [0.25, 0.3) is 0 Å². The highest BCUT2D eigenvalue weighted by Gasteiger charge is 2.19. The number of carbonyl (C=O) groups excluding carboxylic acids is 2. The minimum absolute atomic E-state index is 0.0682. The molecule has 4 N–H and O–H groups in total. The summed E-state index contributed by atoms with van der Waals surface area (Å²) in [5, 5.41) is 16.8. The molecule has 0 aromatic heterocycles. The van der Waals surface area contributed by atoms with E-state index < -0.39 is 17.9 Å². The minimum atomic E-state index is -0.916. The van der Waals surface area contributed by atoms with Gasteiger partial charge in [0.05, 0.1) is 5.92 Å². The third-order valence-corrected chi connectivity index (χ3v) is 2.70. The van der Waals surface area contributed by atoms with Crippen LogP contribution in [0.3, 0.4) is 0 Å². The van der Waals surface area contributed by atoms with Crippen molar-refractivity contribution in [2.24, 2.45) is 11.8 Å². The number of amides is 3. The van der Waals surface area contributed by atoms with Gasteiger partial charge >= 0.3 is 12.0 Å². The largest absolute Gasteiger partial charge is 0.481 e. The number of carbonyl (C=O) groups is 3. The van der Waals surface area contributed by atoms with E-state index in [0.29, 0.717) is 6.42 Å². The van der Waals surface area contributed by atoms with Gasteiger partial charge in [0.2, 0.25) is 5.91 Å². The standard InChI is InChI=1S/C14H27N3O4/c1-9(2)7-11(13(19)20)8-16-14(21)15-6-5-12(18)17-10(3)4/h9-11H,5-8H2,1-4H3,(H,17,18)(H,19,20)(H2,15,16,21). The lowest BCUT2D eigenvalue weighted by Crippen LogP contribution is -2.41. The van der Waals surface area contributed by atoms with Crippen LogP contribution in [-0.2, 0) is 9.59 Å². The normalized spacial score (nSPS) is 12.1. The fourth-order valence-corrected chi connectivity index (χ4v) is 1.80. The summed E-state index contributed by atoms with van der Waals surface area (Å²) < 4.78 is 0. The van der Waals surface area contributed by atoms with Gasteiger partial charge in [-0.15, -0.1) is 0 Å². The molecule has 0 rings (SSSR count). The smallest absolute Gasteiger partial charge is 0.314 e. The number of hydrogen-bond donors (Lipinski definition) is 4. The molecule has 21 heavy (non-hydrogen) atoms. The maximum absolute atomic E-state index is 11.5. The first-order valence-electron chi connectivity index (χ1n) is 7.26. The van der Waals surface area contributed by atoms with Crippen LogP contribution < -0.4 is 16.0 Å². The van der Waals surface area contributed by atoms with Crippen molar-refractivity contribution in [2.75, 3.05) is 13.1 Å². The van der Waals surface area contributed by atoms with Gasteiger partial charge in [-0.05, 0) is 26.2 Å².